The molecule has 2 heterocycles. The molecule has 0 bridgehead atoms. The van der Waals surface area contributed by atoms with E-state index in [0.717, 1.165) is 11.1 Å². The van der Waals surface area contributed by atoms with Gasteiger partial charge < -0.3 is 10.2 Å². The Labute approximate surface area is 136 Å². The minimum Gasteiger partial charge on any atom is -0.480 e. The van der Waals surface area contributed by atoms with Crippen molar-refractivity contribution in [3.63, 3.8) is 0 Å². The molecular formula is C14H16N2O4S2. The molecule has 2 fully saturated rings. The van der Waals surface area contributed by atoms with Crippen LogP contribution in [0.25, 0.3) is 0 Å². The predicted octanol–water partition coefficient (Wildman–Crippen LogP) is 1.26. The SMILES string of the molecule is O=C(O)[C@@H]1CS[C@@H](c2ccc([C@@H]3N[C@@H](C(=O)O)CS3)cc2)N1. The molecule has 0 spiro atoms. The zero-order chi connectivity index (χ0) is 15.7. The van der Waals surface area contributed by atoms with E-state index < -0.39 is 24.0 Å². The van der Waals surface area contributed by atoms with Gasteiger partial charge in [-0.2, -0.15) is 0 Å². The average Bonchev–Trinajstić information content (AvgIpc) is 3.17. The number of benzene rings is 1. The largest absolute Gasteiger partial charge is 0.480 e. The summed E-state index contributed by atoms with van der Waals surface area (Å²) in [6.45, 7) is 0. The highest BCUT2D eigenvalue weighted by molar-refractivity contribution is 8.00. The van der Waals surface area contributed by atoms with Crippen molar-refractivity contribution >= 4 is 35.5 Å². The number of rotatable bonds is 4. The van der Waals surface area contributed by atoms with Crippen LogP contribution in [-0.4, -0.2) is 45.7 Å². The molecule has 0 aliphatic carbocycles. The highest BCUT2D eigenvalue weighted by Crippen LogP contribution is 2.36. The molecule has 0 amide bonds. The van der Waals surface area contributed by atoms with E-state index in [1.54, 1.807) is 23.5 Å². The number of carbonyl (C=O) groups is 2. The van der Waals surface area contributed by atoms with Gasteiger partial charge >= 0.3 is 11.9 Å². The van der Waals surface area contributed by atoms with E-state index in [0.29, 0.717) is 11.5 Å². The summed E-state index contributed by atoms with van der Waals surface area (Å²) in [5.41, 5.74) is 2.07. The molecular weight excluding hydrogens is 324 g/mol. The number of nitrogens with one attached hydrogen (secondary N) is 2. The van der Waals surface area contributed by atoms with Crippen LogP contribution in [-0.2, 0) is 9.59 Å². The van der Waals surface area contributed by atoms with Gasteiger partial charge in [0.1, 0.15) is 12.1 Å². The Morgan fingerprint density at radius 3 is 1.50 bits per heavy atom. The summed E-state index contributed by atoms with van der Waals surface area (Å²) in [4.78, 5) is 21.9. The smallest absolute Gasteiger partial charge is 0.321 e. The molecule has 118 valence electrons. The van der Waals surface area contributed by atoms with Gasteiger partial charge in [-0.3, -0.25) is 20.2 Å². The zero-order valence-electron chi connectivity index (χ0n) is 11.6. The first-order chi connectivity index (χ1) is 10.5. The van der Waals surface area contributed by atoms with Crippen LogP contribution < -0.4 is 10.6 Å². The van der Waals surface area contributed by atoms with Crippen LogP contribution >= 0.6 is 23.5 Å². The second-order valence-corrected chi connectivity index (χ2v) is 7.48. The highest BCUT2D eigenvalue weighted by Gasteiger charge is 2.32. The summed E-state index contributed by atoms with van der Waals surface area (Å²) in [5.74, 6) is -0.528. The van der Waals surface area contributed by atoms with Crippen LogP contribution in [0.4, 0.5) is 0 Å². The fraction of sp³-hybridized carbons (Fsp3) is 0.429. The Kier molecular flexibility index (Phi) is 4.62. The number of aliphatic carboxylic acids is 2. The second kappa shape index (κ2) is 6.49. The molecule has 4 atom stereocenters. The Morgan fingerprint density at radius 1 is 0.864 bits per heavy atom. The molecule has 3 rings (SSSR count). The summed E-state index contributed by atoms with van der Waals surface area (Å²) in [5, 5.41) is 24.1. The van der Waals surface area contributed by atoms with Gasteiger partial charge in [-0.25, -0.2) is 0 Å². The number of hydrogen-bond acceptors (Lipinski definition) is 6. The number of carboxylic acids is 2. The fourth-order valence-electron chi connectivity index (χ4n) is 2.46. The third kappa shape index (κ3) is 3.24. The second-order valence-electron chi connectivity index (χ2n) is 5.21. The van der Waals surface area contributed by atoms with Gasteiger partial charge in [0.05, 0.1) is 10.7 Å². The van der Waals surface area contributed by atoms with Gasteiger partial charge in [-0.1, -0.05) is 24.3 Å². The molecule has 6 nitrogen and oxygen atoms in total. The van der Waals surface area contributed by atoms with E-state index in [9.17, 15) is 9.59 Å². The van der Waals surface area contributed by atoms with Crippen LogP contribution in [0.1, 0.15) is 21.9 Å². The average molecular weight is 340 g/mol. The Morgan fingerprint density at radius 2 is 1.23 bits per heavy atom. The Balaban J connectivity index is 1.64. The molecule has 0 aromatic heterocycles. The molecule has 22 heavy (non-hydrogen) atoms. The molecule has 2 aliphatic heterocycles. The first-order valence-corrected chi connectivity index (χ1v) is 8.95. The lowest BCUT2D eigenvalue weighted by atomic mass is 10.1. The monoisotopic (exact) mass is 340 g/mol. The van der Waals surface area contributed by atoms with E-state index in [1.165, 1.54) is 0 Å². The van der Waals surface area contributed by atoms with E-state index in [1.807, 2.05) is 24.3 Å². The van der Waals surface area contributed by atoms with Gasteiger partial charge in [-0.05, 0) is 11.1 Å². The zero-order valence-corrected chi connectivity index (χ0v) is 13.2. The number of carboxylic acid groups (broad SMARTS) is 2. The van der Waals surface area contributed by atoms with E-state index in [-0.39, 0.29) is 10.7 Å². The van der Waals surface area contributed by atoms with E-state index in [4.69, 9.17) is 10.2 Å². The standard InChI is InChI=1S/C14H16N2O4S2/c17-13(18)9-5-21-11(15-9)7-1-2-8(4-3-7)12-16-10(6-22-12)14(19)20/h1-4,9-12,15-16H,5-6H2,(H,17,18)(H,19,20)/t9-,10+,11-,12+. The minimum absolute atomic E-state index is 0.00823. The van der Waals surface area contributed by atoms with Crippen LogP contribution in [0.5, 0.6) is 0 Å². The van der Waals surface area contributed by atoms with Crippen molar-refractivity contribution in [3.8, 4) is 0 Å². The maximum Gasteiger partial charge on any atom is 0.321 e. The molecule has 0 radical (unpaired) electrons. The topological polar surface area (TPSA) is 98.7 Å². The van der Waals surface area contributed by atoms with Gasteiger partial charge in [0.15, 0.2) is 0 Å². The van der Waals surface area contributed by atoms with Crippen LogP contribution in [0.15, 0.2) is 24.3 Å². The predicted molar refractivity (Wildman–Crippen MR) is 86.0 cm³/mol. The highest BCUT2D eigenvalue weighted by atomic mass is 32.2. The fourth-order valence-corrected chi connectivity index (χ4v) is 4.93. The van der Waals surface area contributed by atoms with E-state index in [2.05, 4.69) is 10.6 Å². The molecule has 8 heteroatoms. The van der Waals surface area contributed by atoms with Crippen LogP contribution in [0.2, 0.25) is 0 Å². The molecule has 2 aliphatic rings. The Bertz CT molecular complexity index is 530. The first kappa shape index (κ1) is 15.7. The van der Waals surface area contributed by atoms with Crippen LogP contribution in [0, 0.1) is 0 Å². The lowest BCUT2D eigenvalue weighted by Crippen LogP contribution is -2.34. The molecule has 1 aromatic carbocycles. The summed E-state index contributed by atoms with van der Waals surface area (Å²) in [6, 6.07) is 6.89. The maximum atomic E-state index is 11.0. The summed E-state index contributed by atoms with van der Waals surface area (Å²) < 4.78 is 0. The van der Waals surface area contributed by atoms with Gasteiger partial charge in [0.25, 0.3) is 0 Å². The van der Waals surface area contributed by atoms with Crippen molar-refractivity contribution in [2.75, 3.05) is 11.5 Å². The van der Waals surface area contributed by atoms with Crippen molar-refractivity contribution < 1.29 is 19.8 Å². The normalized spacial score (nSPS) is 31.3. The molecule has 0 unspecified atom stereocenters. The summed E-state index contributed by atoms with van der Waals surface area (Å²) in [6.07, 6.45) is 0. The maximum absolute atomic E-state index is 11.0. The lowest BCUT2D eigenvalue weighted by molar-refractivity contribution is -0.139. The third-order valence-electron chi connectivity index (χ3n) is 3.70. The van der Waals surface area contributed by atoms with Crippen molar-refractivity contribution in [2.24, 2.45) is 0 Å². The summed E-state index contributed by atoms with van der Waals surface area (Å²) >= 11 is 3.17. The van der Waals surface area contributed by atoms with Crippen molar-refractivity contribution in [2.45, 2.75) is 22.8 Å². The third-order valence-corrected chi connectivity index (χ3v) is 6.24. The van der Waals surface area contributed by atoms with Gasteiger partial charge in [0.2, 0.25) is 0 Å². The molecule has 0 saturated carbocycles. The van der Waals surface area contributed by atoms with Crippen molar-refractivity contribution in [1.82, 2.24) is 10.6 Å². The molecule has 1 aromatic rings. The van der Waals surface area contributed by atoms with Crippen molar-refractivity contribution in [1.29, 1.82) is 0 Å². The molecule has 2 saturated heterocycles. The first-order valence-electron chi connectivity index (χ1n) is 6.85. The minimum atomic E-state index is -0.821. The summed E-state index contributed by atoms with van der Waals surface area (Å²) in [7, 11) is 0. The quantitative estimate of drug-likeness (QED) is 0.650. The molecule has 4 N–H and O–H groups in total. The van der Waals surface area contributed by atoms with Gasteiger partial charge in [-0.15, -0.1) is 23.5 Å². The lowest BCUT2D eigenvalue weighted by Gasteiger charge is -2.15. The number of thioether (sulfide) groups is 2. The van der Waals surface area contributed by atoms with Crippen LogP contribution in [0.3, 0.4) is 0 Å². The van der Waals surface area contributed by atoms with E-state index >= 15 is 0 Å². The Hall–Kier alpha value is -1.22. The van der Waals surface area contributed by atoms with Gasteiger partial charge in [0, 0.05) is 11.5 Å². The number of hydrogen-bond donors (Lipinski definition) is 4. The van der Waals surface area contributed by atoms with Crippen molar-refractivity contribution in [3.05, 3.63) is 35.4 Å².